The van der Waals surface area contributed by atoms with Crippen LogP contribution in [0.15, 0.2) is 54.1 Å². The van der Waals surface area contributed by atoms with Crippen molar-refractivity contribution in [1.29, 1.82) is 0 Å². The van der Waals surface area contributed by atoms with Crippen molar-refractivity contribution in [2.75, 3.05) is 0 Å². The summed E-state index contributed by atoms with van der Waals surface area (Å²) in [5.41, 5.74) is 0. The molecule has 1 nitrogen and oxygen atoms in total. The number of benzene rings is 1. The molecule has 0 heterocycles. The van der Waals surface area contributed by atoms with Crippen LogP contribution >= 0.6 is 0 Å². The van der Waals surface area contributed by atoms with E-state index in [1.54, 1.807) is 12.2 Å². The predicted octanol–water partition coefficient (Wildman–Crippen LogP) is 3.60. The molecule has 0 fully saturated rings. The van der Waals surface area contributed by atoms with E-state index in [0.717, 1.165) is 12.8 Å². The third kappa shape index (κ3) is 2.02. The van der Waals surface area contributed by atoms with Crippen LogP contribution in [-0.4, -0.2) is 0 Å². The van der Waals surface area contributed by atoms with Crippen LogP contribution in [0.3, 0.4) is 0 Å². The third-order valence-corrected chi connectivity index (χ3v) is 2.03. The van der Waals surface area contributed by atoms with Gasteiger partial charge in [0.05, 0.1) is 0 Å². The van der Waals surface area contributed by atoms with Gasteiger partial charge in [-0.1, -0.05) is 18.2 Å². The highest BCUT2D eigenvalue weighted by atomic mass is 19.1. The van der Waals surface area contributed by atoms with E-state index in [4.69, 9.17) is 4.74 Å². The Hall–Kier alpha value is -1.57. The summed E-state index contributed by atoms with van der Waals surface area (Å²) in [6, 6.07) is 9.24. The molecule has 0 amide bonds. The average molecular weight is 190 g/mol. The fourth-order valence-corrected chi connectivity index (χ4v) is 1.33. The molecule has 0 spiro atoms. The lowest BCUT2D eigenvalue weighted by atomic mass is 10.1. The van der Waals surface area contributed by atoms with Gasteiger partial charge in [-0.25, -0.2) is 4.39 Å². The second kappa shape index (κ2) is 4.09. The van der Waals surface area contributed by atoms with Crippen molar-refractivity contribution in [3.8, 4) is 5.75 Å². The highest BCUT2D eigenvalue weighted by molar-refractivity contribution is 5.30. The minimum atomic E-state index is -0.264. The Morgan fingerprint density at radius 1 is 1.00 bits per heavy atom. The Balaban J connectivity index is 2.12. The number of hydrogen-bond acceptors (Lipinski definition) is 1. The summed E-state index contributed by atoms with van der Waals surface area (Å²) >= 11 is 0. The smallest absolute Gasteiger partial charge is 0.161 e. The first-order chi connectivity index (χ1) is 6.86. The fraction of sp³-hybridized carbons (Fsp3) is 0.167. The van der Waals surface area contributed by atoms with Gasteiger partial charge >= 0.3 is 0 Å². The first-order valence-corrected chi connectivity index (χ1v) is 4.65. The lowest BCUT2D eigenvalue weighted by Crippen LogP contribution is -1.99. The molecule has 0 unspecified atom stereocenters. The van der Waals surface area contributed by atoms with E-state index in [2.05, 4.69) is 0 Å². The summed E-state index contributed by atoms with van der Waals surface area (Å²) in [5, 5.41) is 0. The molecule has 0 aliphatic heterocycles. The van der Waals surface area contributed by atoms with Crippen molar-refractivity contribution in [3.63, 3.8) is 0 Å². The second-order valence-corrected chi connectivity index (χ2v) is 3.11. The Kier molecular flexibility index (Phi) is 2.63. The van der Waals surface area contributed by atoms with Crippen LogP contribution in [0, 0.1) is 0 Å². The quantitative estimate of drug-likeness (QED) is 0.692. The van der Waals surface area contributed by atoms with Gasteiger partial charge < -0.3 is 4.74 Å². The molecule has 72 valence electrons. The molecule has 14 heavy (non-hydrogen) atoms. The van der Waals surface area contributed by atoms with E-state index in [1.807, 2.05) is 30.3 Å². The van der Waals surface area contributed by atoms with Gasteiger partial charge in [-0.15, -0.1) is 0 Å². The van der Waals surface area contributed by atoms with E-state index in [1.165, 1.54) is 0 Å². The fourth-order valence-electron chi connectivity index (χ4n) is 1.33. The summed E-state index contributed by atoms with van der Waals surface area (Å²) in [4.78, 5) is 0. The molecule has 1 aromatic carbocycles. The molecule has 1 aliphatic carbocycles. The maximum Gasteiger partial charge on any atom is 0.161 e. The van der Waals surface area contributed by atoms with Crippen LogP contribution in [0.2, 0.25) is 0 Å². The number of allylic oxidation sites excluding steroid dienone is 3. The van der Waals surface area contributed by atoms with Crippen molar-refractivity contribution >= 4 is 0 Å². The molecule has 0 aromatic heterocycles. The summed E-state index contributed by atoms with van der Waals surface area (Å²) in [6.07, 6.45) is 4.93. The maximum atomic E-state index is 13.2. The minimum absolute atomic E-state index is 0.264. The van der Waals surface area contributed by atoms with E-state index in [-0.39, 0.29) is 5.83 Å². The Morgan fingerprint density at radius 2 is 1.71 bits per heavy atom. The number of hydrogen-bond donors (Lipinski definition) is 0. The lowest BCUT2D eigenvalue weighted by molar-refractivity contribution is 0.395. The van der Waals surface area contributed by atoms with Crippen LogP contribution in [0.25, 0.3) is 0 Å². The third-order valence-electron chi connectivity index (χ3n) is 2.03. The predicted molar refractivity (Wildman–Crippen MR) is 53.6 cm³/mol. The molecule has 0 saturated carbocycles. The van der Waals surface area contributed by atoms with Crippen LogP contribution in [0.4, 0.5) is 4.39 Å². The number of halogens is 1. The van der Waals surface area contributed by atoms with Gasteiger partial charge in [0, 0.05) is 0 Å². The van der Waals surface area contributed by atoms with Gasteiger partial charge in [-0.05, 0) is 37.1 Å². The Labute approximate surface area is 82.5 Å². The van der Waals surface area contributed by atoms with Gasteiger partial charge in [-0.3, -0.25) is 0 Å². The number of rotatable bonds is 2. The molecular formula is C12H11FO. The summed E-state index contributed by atoms with van der Waals surface area (Å²) in [7, 11) is 0. The summed E-state index contributed by atoms with van der Waals surface area (Å²) < 4.78 is 18.6. The van der Waals surface area contributed by atoms with Crippen molar-refractivity contribution in [2.45, 2.75) is 12.8 Å². The molecular weight excluding hydrogens is 179 g/mol. The molecule has 0 atom stereocenters. The Morgan fingerprint density at radius 3 is 2.43 bits per heavy atom. The zero-order valence-corrected chi connectivity index (χ0v) is 7.74. The standard InChI is InChI=1S/C12H11FO/c13-11-8-4-5-9-12(11)14-10-6-2-1-3-7-10/h1-3,6-9H,4-5H2. The normalized spacial score (nSPS) is 15.8. The maximum absolute atomic E-state index is 13.2. The van der Waals surface area contributed by atoms with E-state index in [9.17, 15) is 4.39 Å². The molecule has 0 radical (unpaired) electrons. The molecule has 0 N–H and O–H groups in total. The molecule has 2 rings (SSSR count). The topological polar surface area (TPSA) is 9.23 Å². The van der Waals surface area contributed by atoms with Crippen LogP contribution in [0.1, 0.15) is 12.8 Å². The highest BCUT2D eigenvalue weighted by Gasteiger charge is 2.09. The highest BCUT2D eigenvalue weighted by Crippen LogP contribution is 2.23. The van der Waals surface area contributed by atoms with Gasteiger partial charge in [-0.2, -0.15) is 0 Å². The zero-order valence-electron chi connectivity index (χ0n) is 7.74. The molecule has 0 saturated heterocycles. The van der Waals surface area contributed by atoms with Crippen LogP contribution in [-0.2, 0) is 0 Å². The molecule has 1 aliphatic rings. The minimum Gasteiger partial charge on any atom is -0.455 e. The van der Waals surface area contributed by atoms with Crippen molar-refractivity contribution in [2.24, 2.45) is 0 Å². The molecule has 2 heteroatoms. The van der Waals surface area contributed by atoms with Crippen molar-refractivity contribution in [3.05, 3.63) is 54.1 Å². The molecule has 0 bridgehead atoms. The zero-order chi connectivity index (χ0) is 9.80. The van der Waals surface area contributed by atoms with Gasteiger partial charge in [0.25, 0.3) is 0 Å². The summed E-state index contributed by atoms with van der Waals surface area (Å²) in [5.74, 6) is 0.742. The monoisotopic (exact) mass is 190 g/mol. The summed E-state index contributed by atoms with van der Waals surface area (Å²) in [6.45, 7) is 0. The van der Waals surface area contributed by atoms with E-state index < -0.39 is 0 Å². The lowest BCUT2D eigenvalue weighted by Gasteiger charge is -2.11. The first kappa shape index (κ1) is 9.00. The number of para-hydroxylation sites is 1. The number of ether oxygens (including phenoxy) is 1. The Bertz CT molecular complexity index is 365. The first-order valence-electron chi connectivity index (χ1n) is 4.65. The van der Waals surface area contributed by atoms with Gasteiger partial charge in [0.1, 0.15) is 5.75 Å². The van der Waals surface area contributed by atoms with Crippen molar-refractivity contribution < 1.29 is 9.13 Å². The van der Waals surface area contributed by atoms with E-state index >= 15 is 0 Å². The largest absolute Gasteiger partial charge is 0.455 e. The van der Waals surface area contributed by atoms with Crippen molar-refractivity contribution in [1.82, 2.24) is 0 Å². The average Bonchev–Trinajstić information content (AvgIpc) is 2.23. The van der Waals surface area contributed by atoms with Gasteiger partial charge in [0.15, 0.2) is 11.6 Å². The SMILES string of the molecule is FC1=CCCC=C1Oc1ccccc1. The van der Waals surface area contributed by atoms with Gasteiger partial charge in [0.2, 0.25) is 0 Å². The van der Waals surface area contributed by atoms with E-state index in [0.29, 0.717) is 11.5 Å². The van der Waals surface area contributed by atoms with Crippen LogP contribution < -0.4 is 4.74 Å². The van der Waals surface area contributed by atoms with Crippen LogP contribution in [0.5, 0.6) is 5.75 Å². The molecule has 1 aromatic rings. The second-order valence-electron chi connectivity index (χ2n) is 3.11.